The molecular weight excluding hydrogens is 372 g/mol. The zero-order chi connectivity index (χ0) is 19.8. The molecular formula is C23H27ClN2O2. The number of halogens is 1. The van der Waals surface area contributed by atoms with Crippen molar-refractivity contribution >= 4 is 29.4 Å². The summed E-state index contributed by atoms with van der Waals surface area (Å²) in [5.74, 6) is 0.191. The van der Waals surface area contributed by atoms with E-state index < -0.39 is 0 Å². The highest BCUT2D eigenvalue weighted by Crippen LogP contribution is 2.26. The van der Waals surface area contributed by atoms with Gasteiger partial charge in [-0.3, -0.25) is 4.79 Å². The highest BCUT2D eigenvalue weighted by atomic mass is 35.5. The zero-order valence-corrected chi connectivity index (χ0v) is 16.8. The van der Waals surface area contributed by atoms with Gasteiger partial charge >= 0.3 is 0 Å². The molecule has 1 aliphatic heterocycles. The molecule has 2 aromatic rings. The average Bonchev–Trinajstić information content (AvgIpc) is 2.73. The quantitative estimate of drug-likeness (QED) is 0.352. The number of aldehydes is 1. The van der Waals surface area contributed by atoms with Crippen LogP contribution < -0.4 is 10.6 Å². The Hall–Kier alpha value is -2.17. The maximum absolute atomic E-state index is 12.5. The first-order valence-corrected chi connectivity index (χ1v) is 10.4. The normalized spacial score (nSPS) is 15.5. The van der Waals surface area contributed by atoms with E-state index in [1.807, 2.05) is 36.4 Å². The maximum Gasteiger partial charge on any atom is 0.162 e. The van der Waals surface area contributed by atoms with E-state index >= 15 is 0 Å². The lowest BCUT2D eigenvalue weighted by Gasteiger charge is -2.23. The summed E-state index contributed by atoms with van der Waals surface area (Å²) in [4.78, 5) is 23.4. The second-order valence-electron chi connectivity index (χ2n) is 7.27. The van der Waals surface area contributed by atoms with Gasteiger partial charge in [-0.15, -0.1) is 0 Å². The molecule has 2 N–H and O–H groups in total. The second-order valence-corrected chi connectivity index (χ2v) is 7.68. The van der Waals surface area contributed by atoms with E-state index in [9.17, 15) is 9.59 Å². The van der Waals surface area contributed by atoms with Crippen LogP contribution in [0.3, 0.4) is 0 Å². The molecule has 5 heteroatoms. The summed E-state index contributed by atoms with van der Waals surface area (Å²) in [6.45, 7) is 1.79. The first-order valence-electron chi connectivity index (χ1n) is 9.99. The number of rotatable bonds is 10. The van der Waals surface area contributed by atoms with Crippen molar-refractivity contribution in [1.29, 1.82) is 0 Å². The molecule has 0 aliphatic carbocycles. The van der Waals surface area contributed by atoms with Crippen molar-refractivity contribution in [3.8, 4) is 0 Å². The molecule has 1 unspecified atom stereocenters. The molecule has 2 aromatic carbocycles. The van der Waals surface area contributed by atoms with Gasteiger partial charge in [0, 0.05) is 22.7 Å². The summed E-state index contributed by atoms with van der Waals surface area (Å²) in [5, 5.41) is 7.44. The first-order chi connectivity index (χ1) is 13.7. The predicted molar refractivity (Wildman–Crippen MR) is 114 cm³/mol. The molecule has 0 amide bonds. The summed E-state index contributed by atoms with van der Waals surface area (Å²) in [6, 6.07) is 13.6. The molecule has 0 radical (unpaired) electrons. The summed E-state index contributed by atoms with van der Waals surface area (Å²) in [7, 11) is 0. The van der Waals surface area contributed by atoms with Gasteiger partial charge in [0.25, 0.3) is 0 Å². The monoisotopic (exact) mass is 398 g/mol. The van der Waals surface area contributed by atoms with Crippen molar-refractivity contribution in [2.24, 2.45) is 0 Å². The fourth-order valence-electron chi connectivity index (χ4n) is 3.53. The molecule has 0 fully saturated rings. The summed E-state index contributed by atoms with van der Waals surface area (Å²) < 4.78 is 0. The number of benzene rings is 2. The minimum Gasteiger partial charge on any atom is -0.375 e. The molecule has 0 bridgehead atoms. The van der Waals surface area contributed by atoms with Gasteiger partial charge in [0.15, 0.2) is 5.78 Å². The molecule has 0 saturated heterocycles. The largest absolute Gasteiger partial charge is 0.375 e. The van der Waals surface area contributed by atoms with Crippen LogP contribution in [0.2, 0.25) is 5.02 Å². The highest BCUT2D eigenvalue weighted by Gasteiger charge is 2.18. The molecule has 28 heavy (non-hydrogen) atoms. The molecule has 0 aromatic heterocycles. The third-order valence-electron chi connectivity index (χ3n) is 5.19. The summed E-state index contributed by atoms with van der Waals surface area (Å²) in [5.41, 5.74) is 4.04. The molecule has 1 aliphatic rings. The Balaban J connectivity index is 1.35. The molecule has 3 rings (SSSR count). The van der Waals surface area contributed by atoms with Crippen LogP contribution in [0.5, 0.6) is 0 Å². The standard InChI is InChI=1S/C23H27ClN2O2/c24-21-6-2-1-5-17(21)12-14-25-13-4-3-7-23(28)19-9-11-22-18(15-19)8-10-20(16-27)26-22/h1-2,5-6,9,11,15-16,20,25-26H,3-4,7-8,10,12-14H2. The van der Waals surface area contributed by atoms with E-state index in [1.165, 1.54) is 0 Å². The minimum atomic E-state index is -0.112. The van der Waals surface area contributed by atoms with Gasteiger partial charge in [-0.2, -0.15) is 0 Å². The predicted octanol–water partition coefficient (Wildman–Crippen LogP) is 4.45. The fourth-order valence-corrected chi connectivity index (χ4v) is 3.76. The zero-order valence-electron chi connectivity index (χ0n) is 16.0. The van der Waals surface area contributed by atoms with Crippen LogP contribution in [-0.2, 0) is 17.6 Å². The Morgan fingerprint density at radius 1 is 1.18 bits per heavy atom. The molecule has 0 spiro atoms. The van der Waals surface area contributed by atoms with Crippen LogP contribution in [0.4, 0.5) is 5.69 Å². The van der Waals surface area contributed by atoms with Crippen molar-refractivity contribution in [1.82, 2.24) is 5.32 Å². The first kappa shape index (κ1) is 20.6. The number of fused-ring (bicyclic) bond motifs is 1. The number of anilines is 1. The van der Waals surface area contributed by atoms with Gasteiger partial charge in [-0.1, -0.05) is 29.8 Å². The second kappa shape index (κ2) is 10.4. The molecule has 148 valence electrons. The van der Waals surface area contributed by atoms with Crippen LogP contribution in [0, 0.1) is 0 Å². The van der Waals surface area contributed by atoms with Crippen molar-refractivity contribution < 1.29 is 9.59 Å². The van der Waals surface area contributed by atoms with E-state index in [2.05, 4.69) is 16.7 Å². The van der Waals surface area contributed by atoms with Crippen LogP contribution in [-0.4, -0.2) is 31.2 Å². The maximum atomic E-state index is 12.5. The lowest BCUT2D eigenvalue weighted by Crippen LogP contribution is -2.26. The Bertz CT molecular complexity index is 822. The molecule has 4 nitrogen and oxygen atoms in total. The lowest BCUT2D eigenvalue weighted by atomic mass is 9.95. The van der Waals surface area contributed by atoms with Gasteiger partial charge in [0.2, 0.25) is 0 Å². The Kier molecular flexibility index (Phi) is 7.63. The average molecular weight is 399 g/mol. The topological polar surface area (TPSA) is 58.2 Å². The number of Topliss-reactive ketones (excluding diaryl/α,β-unsaturated/α-hetero) is 1. The van der Waals surface area contributed by atoms with E-state index in [0.29, 0.717) is 6.42 Å². The number of hydrogen-bond acceptors (Lipinski definition) is 4. The number of carbonyl (C=O) groups excluding carboxylic acids is 2. The summed E-state index contributed by atoms with van der Waals surface area (Å²) in [6.07, 6.45) is 5.89. The van der Waals surface area contributed by atoms with Crippen LogP contribution in [0.25, 0.3) is 0 Å². The minimum absolute atomic E-state index is 0.112. The third kappa shape index (κ3) is 5.66. The van der Waals surface area contributed by atoms with E-state index in [0.717, 1.165) is 78.9 Å². The van der Waals surface area contributed by atoms with Crippen LogP contribution in [0.15, 0.2) is 42.5 Å². The van der Waals surface area contributed by atoms with E-state index in [-0.39, 0.29) is 11.8 Å². The van der Waals surface area contributed by atoms with E-state index in [4.69, 9.17) is 11.6 Å². The Morgan fingerprint density at radius 2 is 2.04 bits per heavy atom. The molecule has 1 heterocycles. The van der Waals surface area contributed by atoms with Gasteiger partial charge < -0.3 is 15.4 Å². The van der Waals surface area contributed by atoms with Crippen molar-refractivity contribution in [2.75, 3.05) is 18.4 Å². The van der Waals surface area contributed by atoms with Crippen molar-refractivity contribution in [2.45, 2.75) is 44.6 Å². The SMILES string of the molecule is O=CC1CCc2cc(C(=O)CCCCNCCc3ccccc3Cl)ccc2N1. The third-order valence-corrected chi connectivity index (χ3v) is 5.56. The lowest BCUT2D eigenvalue weighted by molar-refractivity contribution is -0.108. The Labute approximate surface area is 171 Å². The van der Waals surface area contributed by atoms with Gasteiger partial charge in [-0.25, -0.2) is 0 Å². The van der Waals surface area contributed by atoms with Crippen molar-refractivity contribution in [3.63, 3.8) is 0 Å². The number of unbranched alkanes of at least 4 members (excludes halogenated alkanes) is 1. The molecule has 1 atom stereocenters. The number of hydrogen-bond donors (Lipinski definition) is 2. The van der Waals surface area contributed by atoms with Crippen LogP contribution >= 0.6 is 11.6 Å². The molecule has 0 saturated carbocycles. The number of nitrogens with one attached hydrogen (secondary N) is 2. The van der Waals surface area contributed by atoms with Crippen LogP contribution in [0.1, 0.15) is 47.2 Å². The van der Waals surface area contributed by atoms with Gasteiger partial charge in [0.1, 0.15) is 6.29 Å². The van der Waals surface area contributed by atoms with Gasteiger partial charge in [-0.05, 0) is 80.6 Å². The smallest absolute Gasteiger partial charge is 0.162 e. The fraction of sp³-hybridized carbons (Fsp3) is 0.391. The number of ketones is 1. The van der Waals surface area contributed by atoms with E-state index in [1.54, 1.807) is 0 Å². The van der Waals surface area contributed by atoms with Crippen molar-refractivity contribution in [3.05, 3.63) is 64.2 Å². The summed E-state index contributed by atoms with van der Waals surface area (Å²) >= 11 is 6.15. The Morgan fingerprint density at radius 3 is 2.86 bits per heavy atom. The number of aryl methyl sites for hydroxylation is 1. The highest BCUT2D eigenvalue weighted by molar-refractivity contribution is 6.31. The van der Waals surface area contributed by atoms with Gasteiger partial charge in [0.05, 0.1) is 6.04 Å². The number of carbonyl (C=O) groups is 2.